The van der Waals surface area contributed by atoms with Crippen molar-refractivity contribution in [2.24, 2.45) is 0 Å². The number of unbranched alkanes of at least 4 members (excludes halogenated alkanes) is 1. The average Bonchev–Trinajstić information content (AvgIpc) is 2.58. The molecule has 1 atom stereocenters. The Bertz CT molecular complexity index is 415. The second-order valence-corrected chi connectivity index (χ2v) is 6.39. The molecule has 1 rings (SSSR count). The van der Waals surface area contributed by atoms with Gasteiger partial charge in [0.1, 0.15) is 0 Å². The number of thioether (sulfide) groups is 1. The third kappa shape index (κ3) is 9.64. The summed E-state index contributed by atoms with van der Waals surface area (Å²) in [4.78, 5) is 12.2. The molecule has 0 fully saturated rings. The first kappa shape index (κ1) is 20.0. The van der Waals surface area contributed by atoms with Gasteiger partial charge in [0.2, 0.25) is 5.91 Å². The van der Waals surface area contributed by atoms with Gasteiger partial charge in [0.05, 0.1) is 12.8 Å². The van der Waals surface area contributed by atoms with Gasteiger partial charge in [-0.1, -0.05) is 30.3 Å². The maximum Gasteiger partial charge on any atom is 0.237 e. The van der Waals surface area contributed by atoms with Crippen molar-refractivity contribution in [1.29, 1.82) is 0 Å². The van der Waals surface area contributed by atoms with Crippen LogP contribution in [0.2, 0.25) is 0 Å². The number of aryl methyl sites for hydroxylation is 1. The van der Waals surface area contributed by atoms with E-state index in [1.54, 1.807) is 11.8 Å². The lowest BCUT2D eigenvalue weighted by Crippen LogP contribution is -2.45. The lowest BCUT2D eigenvalue weighted by molar-refractivity contribution is -0.123. The second kappa shape index (κ2) is 13.4. The topological polar surface area (TPSA) is 50.4 Å². The highest BCUT2D eigenvalue weighted by molar-refractivity contribution is 7.98. The minimum Gasteiger partial charge on any atom is -0.367 e. The van der Waals surface area contributed by atoms with E-state index in [0.29, 0.717) is 13.3 Å². The lowest BCUT2D eigenvalue weighted by atomic mass is 10.1. The largest absolute Gasteiger partial charge is 0.367 e. The Hall–Kier alpha value is -1.04. The van der Waals surface area contributed by atoms with E-state index in [1.165, 1.54) is 5.56 Å². The van der Waals surface area contributed by atoms with E-state index in [-0.39, 0.29) is 11.9 Å². The van der Waals surface area contributed by atoms with Crippen LogP contribution in [0.4, 0.5) is 0 Å². The van der Waals surface area contributed by atoms with Gasteiger partial charge in [0, 0.05) is 13.2 Å². The molecule has 0 saturated heterocycles. The van der Waals surface area contributed by atoms with Gasteiger partial charge in [0.25, 0.3) is 0 Å². The number of nitrogens with one attached hydrogen (secondary N) is 2. The minimum absolute atomic E-state index is 0.0819. The summed E-state index contributed by atoms with van der Waals surface area (Å²) in [6.45, 7) is 3.77. The van der Waals surface area contributed by atoms with Crippen molar-refractivity contribution in [2.75, 3.05) is 31.9 Å². The zero-order valence-electron chi connectivity index (χ0n) is 14.3. The van der Waals surface area contributed by atoms with Crippen LogP contribution < -0.4 is 10.6 Å². The molecule has 5 heteroatoms. The van der Waals surface area contributed by atoms with E-state index in [1.807, 2.05) is 13.0 Å². The zero-order chi connectivity index (χ0) is 16.8. The molecule has 1 unspecified atom stereocenters. The maximum atomic E-state index is 12.2. The first-order valence-electron chi connectivity index (χ1n) is 8.39. The van der Waals surface area contributed by atoms with Crippen LogP contribution >= 0.6 is 11.8 Å². The summed E-state index contributed by atoms with van der Waals surface area (Å²) >= 11 is 1.76. The molecule has 1 aromatic carbocycles. The number of benzene rings is 1. The highest BCUT2D eigenvalue weighted by Gasteiger charge is 2.16. The molecule has 0 aliphatic heterocycles. The normalized spacial score (nSPS) is 12.1. The molecule has 0 radical (unpaired) electrons. The fourth-order valence-corrected chi connectivity index (χ4v) is 2.73. The van der Waals surface area contributed by atoms with Crippen LogP contribution in [0, 0.1) is 0 Å². The Morgan fingerprint density at radius 3 is 2.74 bits per heavy atom. The third-order valence-corrected chi connectivity index (χ3v) is 4.24. The number of carbonyl (C=O) groups is 1. The van der Waals surface area contributed by atoms with Gasteiger partial charge < -0.3 is 10.1 Å². The fourth-order valence-electron chi connectivity index (χ4n) is 2.26. The maximum absolute atomic E-state index is 12.2. The molecule has 130 valence electrons. The van der Waals surface area contributed by atoms with Crippen molar-refractivity contribution in [3.63, 3.8) is 0 Å². The first-order valence-corrected chi connectivity index (χ1v) is 9.79. The van der Waals surface area contributed by atoms with E-state index in [9.17, 15) is 4.79 Å². The SMILES string of the molecule is CCOCNC(CCSC)C(=O)NCCCCc1ccccc1. The summed E-state index contributed by atoms with van der Waals surface area (Å²) in [6, 6.07) is 10.3. The van der Waals surface area contributed by atoms with Crippen molar-refractivity contribution >= 4 is 17.7 Å². The van der Waals surface area contributed by atoms with E-state index < -0.39 is 0 Å². The minimum atomic E-state index is -0.164. The summed E-state index contributed by atoms with van der Waals surface area (Å²) < 4.78 is 5.29. The zero-order valence-corrected chi connectivity index (χ0v) is 15.2. The molecular weight excluding hydrogens is 308 g/mol. The van der Waals surface area contributed by atoms with Crippen molar-refractivity contribution in [1.82, 2.24) is 10.6 Å². The van der Waals surface area contributed by atoms with Gasteiger partial charge in [-0.25, -0.2) is 0 Å². The van der Waals surface area contributed by atoms with Crippen LogP contribution in [0.3, 0.4) is 0 Å². The van der Waals surface area contributed by atoms with Crippen molar-refractivity contribution < 1.29 is 9.53 Å². The number of carbonyl (C=O) groups excluding carboxylic acids is 1. The molecule has 1 aromatic rings. The van der Waals surface area contributed by atoms with Crippen LogP contribution in [0.15, 0.2) is 30.3 Å². The van der Waals surface area contributed by atoms with Crippen LogP contribution in [0.1, 0.15) is 31.7 Å². The number of rotatable bonds is 13. The summed E-state index contributed by atoms with van der Waals surface area (Å²) in [7, 11) is 0. The van der Waals surface area contributed by atoms with E-state index in [2.05, 4.69) is 41.2 Å². The van der Waals surface area contributed by atoms with Crippen molar-refractivity contribution in [2.45, 2.75) is 38.6 Å². The molecule has 0 spiro atoms. The number of hydrogen-bond acceptors (Lipinski definition) is 4. The standard InChI is InChI=1S/C18H30N2O2S/c1-3-22-15-20-17(12-14-23-2)18(21)19-13-8-7-11-16-9-5-4-6-10-16/h4-6,9-10,17,20H,3,7-8,11-15H2,1-2H3,(H,19,21). The molecular formula is C18H30N2O2S. The Balaban J connectivity index is 2.19. The molecule has 0 saturated carbocycles. The van der Waals surface area contributed by atoms with Crippen LogP contribution in [0.5, 0.6) is 0 Å². The van der Waals surface area contributed by atoms with E-state index in [0.717, 1.165) is 38.0 Å². The summed E-state index contributed by atoms with van der Waals surface area (Å²) in [5, 5.41) is 6.21. The molecule has 0 heterocycles. The monoisotopic (exact) mass is 338 g/mol. The second-order valence-electron chi connectivity index (χ2n) is 5.41. The highest BCUT2D eigenvalue weighted by Crippen LogP contribution is 2.04. The molecule has 23 heavy (non-hydrogen) atoms. The van der Waals surface area contributed by atoms with Gasteiger partial charge in [0.15, 0.2) is 0 Å². The molecule has 2 N–H and O–H groups in total. The van der Waals surface area contributed by atoms with Gasteiger partial charge in [-0.2, -0.15) is 11.8 Å². The lowest BCUT2D eigenvalue weighted by Gasteiger charge is -2.18. The van der Waals surface area contributed by atoms with Crippen LogP contribution in [0.25, 0.3) is 0 Å². The summed E-state index contributed by atoms with van der Waals surface area (Å²) in [6.07, 6.45) is 6.04. The molecule has 4 nitrogen and oxygen atoms in total. The predicted molar refractivity (Wildman–Crippen MR) is 98.8 cm³/mol. The van der Waals surface area contributed by atoms with Gasteiger partial charge in [-0.15, -0.1) is 0 Å². The first-order chi connectivity index (χ1) is 11.3. The van der Waals surface area contributed by atoms with Gasteiger partial charge in [-0.05, 0) is 50.2 Å². The Morgan fingerprint density at radius 1 is 1.26 bits per heavy atom. The van der Waals surface area contributed by atoms with Gasteiger partial charge in [-0.3, -0.25) is 10.1 Å². The summed E-state index contributed by atoms with van der Waals surface area (Å²) in [5.41, 5.74) is 1.36. The van der Waals surface area contributed by atoms with Gasteiger partial charge >= 0.3 is 0 Å². The average molecular weight is 339 g/mol. The number of amides is 1. The molecule has 0 aromatic heterocycles. The molecule has 0 aliphatic rings. The van der Waals surface area contributed by atoms with Crippen LogP contribution in [-0.4, -0.2) is 43.8 Å². The Kier molecular flexibility index (Phi) is 11.7. The van der Waals surface area contributed by atoms with Crippen LogP contribution in [-0.2, 0) is 16.0 Å². The van der Waals surface area contributed by atoms with E-state index >= 15 is 0 Å². The molecule has 0 aliphatic carbocycles. The predicted octanol–water partition coefficient (Wildman–Crippen LogP) is 2.83. The van der Waals surface area contributed by atoms with Crippen molar-refractivity contribution in [3.05, 3.63) is 35.9 Å². The summed E-state index contributed by atoms with van der Waals surface area (Å²) in [5.74, 6) is 1.05. The Labute approximate surface area is 144 Å². The highest BCUT2D eigenvalue weighted by atomic mass is 32.2. The quantitative estimate of drug-likeness (QED) is 0.429. The number of ether oxygens (including phenoxy) is 1. The third-order valence-electron chi connectivity index (χ3n) is 3.60. The molecule has 1 amide bonds. The fraction of sp³-hybridized carbons (Fsp3) is 0.611. The molecule has 0 bridgehead atoms. The van der Waals surface area contributed by atoms with E-state index in [4.69, 9.17) is 4.74 Å². The smallest absolute Gasteiger partial charge is 0.237 e. The Morgan fingerprint density at radius 2 is 2.04 bits per heavy atom. The number of hydrogen-bond donors (Lipinski definition) is 2. The van der Waals surface area contributed by atoms with Crippen molar-refractivity contribution in [3.8, 4) is 0 Å².